The van der Waals surface area contributed by atoms with Crippen molar-refractivity contribution in [2.45, 2.75) is 12.2 Å². The van der Waals surface area contributed by atoms with Gasteiger partial charge in [0, 0.05) is 18.5 Å². The van der Waals surface area contributed by atoms with E-state index in [0.29, 0.717) is 16.5 Å². The third-order valence-electron chi connectivity index (χ3n) is 5.28. The number of pyridine rings is 1. The van der Waals surface area contributed by atoms with Crippen molar-refractivity contribution in [3.05, 3.63) is 65.6 Å². The second-order valence-corrected chi connectivity index (χ2v) is 7.30. The summed E-state index contributed by atoms with van der Waals surface area (Å²) in [5.74, 6) is -1.24. The van der Waals surface area contributed by atoms with E-state index in [9.17, 15) is 22.4 Å². The summed E-state index contributed by atoms with van der Waals surface area (Å²) in [4.78, 5) is 17.3. The number of aromatic nitrogens is 1. The van der Waals surface area contributed by atoms with Crippen LogP contribution in [-0.2, 0) is 4.74 Å². The number of rotatable bonds is 4. The smallest absolute Gasteiger partial charge is 0.379 e. The van der Waals surface area contributed by atoms with Crippen molar-refractivity contribution in [2.75, 3.05) is 26.3 Å². The van der Waals surface area contributed by atoms with Gasteiger partial charge >= 0.3 is 6.18 Å². The van der Waals surface area contributed by atoms with Crippen molar-refractivity contribution >= 4 is 16.8 Å². The van der Waals surface area contributed by atoms with Gasteiger partial charge in [0.15, 0.2) is 0 Å². The molecule has 0 saturated carbocycles. The fourth-order valence-corrected chi connectivity index (χ4v) is 3.85. The number of nitrogens with zero attached hydrogens (tertiary/aromatic N) is 2. The summed E-state index contributed by atoms with van der Waals surface area (Å²) in [6, 6.07) is 9.49. The second-order valence-electron chi connectivity index (χ2n) is 7.30. The molecular formula is C22H19F4N3O2. The minimum atomic E-state index is -4.51. The summed E-state index contributed by atoms with van der Waals surface area (Å²) >= 11 is 0. The number of ether oxygens (including phenoxy) is 1. The topological polar surface area (TPSA) is 68.5 Å². The SMILES string of the molecule is NC(=O)c1cc(-c2ccc(F)cc2)c2ccc(C(N3CCOCC3)C(F)(F)F)cc2n1. The number of amides is 1. The lowest BCUT2D eigenvalue weighted by molar-refractivity contribution is -0.194. The lowest BCUT2D eigenvalue weighted by atomic mass is 9.96. The Morgan fingerprint density at radius 3 is 2.35 bits per heavy atom. The normalized spacial score (nSPS) is 16.4. The number of hydrogen-bond acceptors (Lipinski definition) is 4. The quantitative estimate of drug-likeness (QED) is 0.630. The summed E-state index contributed by atoms with van der Waals surface area (Å²) in [5, 5.41) is 0.531. The average molecular weight is 433 g/mol. The van der Waals surface area contributed by atoms with Gasteiger partial charge in [-0.2, -0.15) is 13.2 Å². The molecule has 4 rings (SSSR count). The summed E-state index contributed by atoms with van der Waals surface area (Å²) in [6.45, 7) is 0.744. The first kappa shape index (κ1) is 21.2. The van der Waals surface area contributed by atoms with Gasteiger partial charge in [-0.1, -0.05) is 24.3 Å². The molecule has 1 unspecified atom stereocenters. The molecule has 2 aromatic carbocycles. The zero-order valence-electron chi connectivity index (χ0n) is 16.3. The van der Waals surface area contributed by atoms with Crippen LogP contribution in [0.25, 0.3) is 22.0 Å². The van der Waals surface area contributed by atoms with Crippen molar-refractivity contribution in [1.29, 1.82) is 0 Å². The summed E-state index contributed by atoms with van der Waals surface area (Å²) in [5.41, 5.74) is 6.65. The van der Waals surface area contributed by atoms with E-state index in [4.69, 9.17) is 10.5 Å². The minimum absolute atomic E-state index is 0.0149. The van der Waals surface area contributed by atoms with Gasteiger partial charge in [-0.05, 0) is 41.0 Å². The molecule has 1 aliphatic rings. The first-order valence-electron chi connectivity index (χ1n) is 9.63. The Morgan fingerprint density at radius 1 is 1.06 bits per heavy atom. The number of primary amides is 1. The molecule has 5 nitrogen and oxygen atoms in total. The molecule has 0 bridgehead atoms. The molecule has 0 aliphatic carbocycles. The number of alkyl halides is 3. The Labute approximate surface area is 175 Å². The van der Waals surface area contributed by atoms with Crippen LogP contribution in [0.1, 0.15) is 22.1 Å². The van der Waals surface area contributed by atoms with Gasteiger partial charge in [-0.25, -0.2) is 9.37 Å². The molecule has 31 heavy (non-hydrogen) atoms. The van der Waals surface area contributed by atoms with E-state index in [1.165, 1.54) is 47.4 Å². The molecule has 162 valence electrons. The van der Waals surface area contributed by atoms with Gasteiger partial charge in [0.2, 0.25) is 0 Å². The third-order valence-corrected chi connectivity index (χ3v) is 5.28. The van der Waals surface area contributed by atoms with E-state index >= 15 is 0 Å². The standard InChI is InChI=1S/C22H19F4N3O2/c23-15-4-1-13(2-5-15)17-12-19(21(27)30)28-18-11-14(3-6-16(17)18)20(22(24,25)26)29-7-9-31-10-8-29/h1-6,11-12,20H,7-10H2,(H2,27,30). The van der Waals surface area contributed by atoms with Gasteiger partial charge in [-0.15, -0.1) is 0 Å². The summed E-state index contributed by atoms with van der Waals surface area (Å²) in [6.07, 6.45) is -4.51. The average Bonchev–Trinajstić information content (AvgIpc) is 2.73. The van der Waals surface area contributed by atoms with Crippen molar-refractivity contribution in [2.24, 2.45) is 5.73 Å². The molecule has 1 amide bonds. The second kappa shape index (κ2) is 8.24. The molecule has 1 aliphatic heterocycles. The van der Waals surface area contributed by atoms with Crippen LogP contribution in [0.2, 0.25) is 0 Å². The van der Waals surface area contributed by atoms with Crippen LogP contribution in [0.15, 0.2) is 48.5 Å². The molecule has 1 fully saturated rings. The number of hydrogen-bond donors (Lipinski definition) is 1. The molecule has 2 N–H and O–H groups in total. The van der Waals surface area contributed by atoms with Gasteiger partial charge in [0.1, 0.15) is 17.6 Å². The number of carbonyl (C=O) groups excluding carboxylic acids is 1. The first-order chi connectivity index (χ1) is 14.7. The van der Waals surface area contributed by atoms with Crippen molar-refractivity contribution in [3.63, 3.8) is 0 Å². The molecule has 2 heterocycles. The van der Waals surface area contributed by atoms with E-state index in [-0.39, 0.29) is 43.1 Å². The van der Waals surface area contributed by atoms with Crippen LogP contribution >= 0.6 is 0 Å². The maximum Gasteiger partial charge on any atom is 0.408 e. The van der Waals surface area contributed by atoms with Crippen LogP contribution in [0.3, 0.4) is 0 Å². The van der Waals surface area contributed by atoms with Crippen LogP contribution in [0, 0.1) is 5.82 Å². The van der Waals surface area contributed by atoms with Gasteiger partial charge in [0.05, 0.1) is 18.7 Å². The maximum absolute atomic E-state index is 14.0. The highest BCUT2D eigenvalue weighted by Crippen LogP contribution is 2.40. The van der Waals surface area contributed by atoms with Crippen LogP contribution < -0.4 is 5.73 Å². The number of halogens is 4. The molecule has 3 aromatic rings. The number of morpholine rings is 1. The van der Waals surface area contributed by atoms with Crippen molar-refractivity contribution < 1.29 is 27.1 Å². The van der Waals surface area contributed by atoms with E-state index in [0.717, 1.165) is 0 Å². The Bertz CT molecular complexity index is 1110. The number of benzene rings is 2. The van der Waals surface area contributed by atoms with E-state index < -0.39 is 23.9 Å². The molecule has 9 heteroatoms. The first-order valence-corrected chi connectivity index (χ1v) is 9.63. The van der Waals surface area contributed by atoms with Crippen LogP contribution in [-0.4, -0.2) is 48.3 Å². The molecule has 0 radical (unpaired) electrons. The van der Waals surface area contributed by atoms with Crippen molar-refractivity contribution in [3.8, 4) is 11.1 Å². The van der Waals surface area contributed by atoms with E-state index in [1.807, 2.05) is 0 Å². The third kappa shape index (κ3) is 4.38. The Hall–Kier alpha value is -3.04. The lowest BCUT2D eigenvalue weighted by Gasteiger charge is -2.35. The minimum Gasteiger partial charge on any atom is -0.379 e. The number of carbonyl (C=O) groups is 1. The predicted octanol–water partition coefficient (Wildman–Crippen LogP) is 4.08. The molecule has 1 atom stereocenters. The summed E-state index contributed by atoms with van der Waals surface area (Å²) in [7, 11) is 0. The van der Waals surface area contributed by atoms with Gasteiger partial charge in [-0.3, -0.25) is 9.69 Å². The molecule has 1 saturated heterocycles. The lowest BCUT2D eigenvalue weighted by Crippen LogP contribution is -2.44. The molecular weight excluding hydrogens is 414 g/mol. The predicted molar refractivity (Wildman–Crippen MR) is 107 cm³/mol. The summed E-state index contributed by atoms with van der Waals surface area (Å²) < 4.78 is 60.4. The highest BCUT2D eigenvalue weighted by molar-refractivity contribution is 6.01. The number of fused-ring (bicyclic) bond motifs is 1. The zero-order chi connectivity index (χ0) is 22.2. The molecule has 0 spiro atoms. The fourth-order valence-electron chi connectivity index (χ4n) is 3.85. The Morgan fingerprint density at radius 2 is 1.74 bits per heavy atom. The highest BCUT2D eigenvalue weighted by Gasteiger charge is 2.45. The maximum atomic E-state index is 14.0. The Kier molecular flexibility index (Phi) is 5.63. The number of nitrogens with two attached hydrogens (primary N) is 1. The van der Waals surface area contributed by atoms with Gasteiger partial charge in [0.25, 0.3) is 5.91 Å². The fraction of sp³-hybridized carbons (Fsp3) is 0.273. The van der Waals surface area contributed by atoms with Crippen LogP contribution in [0.5, 0.6) is 0 Å². The highest BCUT2D eigenvalue weighted by atomic mass is 19.4. The van der Waals surface area contributed by atoms with E-state index in [2.05, 4.69) is 4.98 Å². The zero-order valence-corrected chi connectivity index (χ0v) is 16.3. The van der Waals surface area contributed by atoms with E-state index in [1.54, 1.807) is 6.07 Å². The van der Waals surface area contributed by atoms with Crippen LogP contribution in [0.4, 0.5) is 17.6 Å². The largest absolute Gasteiger partial charge is 0.408 e. The van der Waals surface area contributed by atoms with Crippen molar-refractivity contribution in [1.82, 2.24) is 9.88 Å². The monoisotopic (exact) mass is 433 g/mol. The van der Waals surface area contributed by atoms with Gasteiger partial charge < -0.3 is 10.5 Å². The molecule has 1 aromatic heterocycles. The Balaban J connectivity index is 1.87.